The Kier molecular flexibility index (Phi) is 3.58. The Morgan fingerprint density at radius 2 is 2.24 bits per heavy atom. The van der Waals surface area contributed by atoms with Gasteiger partial charge in [0.15, 0.2) is 0 Å². The molecule has 2 heterocycles. The van der Waals surface area contributed by atoms with Crippen molar-refractivity contribution in [2.45, 2.75) is 25.9 Å². The molecule has 92 valence electrons. The van der Waals surface area contributed by atoms with Crippen molar-refractivity contribution >= 4 is 11.8 Å². The predicted octanol–water partition coefficient (Wildman–Crippen LogP) is 1.38. The molecule has 2 rings (SSSR count). The van der Waals surface area contributed by atoms with Crippen molar-refractivity contribution in [1.29, 1.82) is 0 Å². The number of nitrogens with one attached hydrogen (secondary N) is 1. The summed E-state index contributed by atoms with van der Waals surface area (Å²) in [6.07, 6.45) is 2.70. The van der Waals surface area contributed by atoms with E-state index in [1.807, 2.05) is 19.1 Å². The monoisotopic (exact) mass is 235 g/mol. The number of carbonyl (C=O) groups excluding carboxylic acids is 1. The number of aromatic nitrogens is 1. The van der Waals surface area contributed by atoms with E-state index in [1.54, 1.807) is 11.1 Å². The highest BCUT2D eigenvalue weighted by atomic mass is 16.3. The van der Waals surface area contributed by atoms with Gasteiger partial charge >= 0.3 is 6.03 Å². The Hall–Kier alpha value is -1.62. The fraction of sp³-hybridized carbons (Fsp3) is 0.500. The molecule has 0 unspecified atom stereocenters. The van der Waals surface area contributed by atoms with Gasteiger partial charge in [0.1, 0.15) is 5.82 Å². The Morgan fingerprint density at radius 1 is 1.53 bits per heavy atom. The van der Waals surface area contributed by atoms with Crippen LogP contribution in [0, 0.1) is 6.92 Å². The van der Waals surface area contributed by atoms with Crippen LogP contribution in [0.25, 0.3) is 0 Å². The van der Waals surface area contributed by atoms with Crippen molar-refractivity contribution in [3.8, 4) is 0 Å². The Morgan fingerprint density at radius 3 is 2.88 bits per heavy atom. The van der Waals surface area contributed by atoms with E-state index < -0.39 is 0 Å². The highest BCUT2D eigenvalue weighted by Crippen LogP contribution is 2.12. The van der Waals surface area contributed by atoms with Crippen molar-refractivity contribution in [1.82, 2.24) is 9.88 Å². The second-order valence-electron chi connectivity index (χ2n) is 4.37. The molecule has 1 saturated heterocycles. The van der Waals surface area contributed by atoms with Crippen LogP contribution in [0.5, 0.6) is 0 Å². The van der Waals surface area contributed by atoms with E-state index in [-0.39, 0.29) is 12.1 Å². The molecule has 2 amide bonds. The summed E-state index contributed by atoms with van der Waals surface area (Å²) in [5, 5.41) is 12.1. The van der Waals surface area contributed by atoms with Crippen LogP contribution in [0.15, 0.2) is 18.3 Å². The quantitative estimate of drug-likeness (QED) is 0.772. The molecule has 0 aromatic carbocycles. The number of urea groups is 1. The average Bonchev–Trinajstić information content (AvgIpc) is 2.29. The maximum atomic E-state index is 11.9. The van der Waals surface area contributed by atoms with Gasteiger partial charge in [-0.25, -0.2) is 9.78 Å². The SMILES string of the molecule is Cc1ccnc(NC(=O)N2CCC(O)CC2)c1. The average molecular weight is 235 g/mol. The number of amides is 2. The minimum atomic E-state index is -0.267. The molecule has 1 aliphatic heterocycles. The van der Waals surface area contributed by atoms with Crippen molar-refractivity contribution in [3.63, 3.8) is 0 Å². The first-order valence-electron chi connectivity index (χ1n) is 5.82. The molecular weight excluding hydrogens is 218 g/mol. The number of rotatable bonds is 1. The molecular formula is C12H17N3O2. The molecule has 17 heavy (non-hydrogen) atoms. The van der Waals surface area contributed by atoms with E-state index in [1.165, 1.54) is 0 Å². The maximum absolute atomic E-state index is 11.9. The van der Waals surface area contributed by atoms with Crippen molar-refractivity contribution < 1.29 is 9.90 Å². The Bertz CT molecular complexity index is 400. The van der Waals surface area contributed by atoms with Crippen LogP contribution < -0.4 is 5.32 Å². The molecule has 1 aromatic rings. The number of aliphatic hydroxyl groups excluding tert-OH is 1. The van der Waals surface area contributed by atoms with Crippen LogP contribution in [0.4, 0.5) is 10.6 Å². The molecule has 1 aromatic heterocycles. The zero-order valence-corrected chi connectivity index (χ0v) is 9.89. The van der Waals surface area contributed by atoms with Gasteiger partial charge in [0.2, 0.25) is 0 Å². The molecule has 0 aliphatic carbocycles. The standard InChI is InChI=1S/C12H17N3O2/c1-9-2-5-13-11(8-9)14-12(17)15-6-3-10(16)4-7-15/h2,5,8,10,16H,3-4,6-7H2,1H3,(H,13,14,17). The molecule has 0 radical (unpaired) electrons. The number of hydrogen-bond donors (Lipinski definition) is 2. The largest absolute Gasteiger partial charge is 0.393 e. The second kappa shape index (κ2) is 5.14. The predicted molar refractivity (Wildman–Crippen MR) is 64.8 cm³/mol. The molecule has 0 atom stereocenters. The summed E-state index contributed by atoms with van der Waals surface area (Å²) < 4.78 is 0. The van der Waals surface area contributed by atoms with Crippen LogP contribution >= 0.6 is 0 Å². The first-order valence-corrected chi connectivity index (χ1v) is 5.82. The van der Waals surface area contributed by atoms with Crippen LogP contribution in [-0.4, -0.2) is 40.2 Å². The fourth-order valence-electron chi connectivity index (χ4n) is 1.86. The number of aliphatic hydroxyl groups is 1. The summed E-state index contributed by atoms with van der Waals surface area (Å²) in [4.78, 5) is 17.7. The molecule has 1 fully saturated rings. The van der Waals surface area contributed by atoms with Gasteiger partial charge < -0.3 is 10.0 Å². The number of pyridine rings is 1. The van der Waals surface area contributed by atoms with E-state index in [2.05, 4.69) is 10.3 Å². The van der Waals surface area contributed by atoms with Gasteiger partial charge in [-0.3, -0.25) is 5.32 Å². The third-order valence-corrected chi connectivity index (χ3v) is 2.90. The summed E-state index contributed by atoms with van der Waals surface area (Å²) in [7, 11) is 0. The summed E-state index contributed by atoms with van der Waals surface area (Å²) in [5.74, 6) is 0.570. The number of aryl methyl sites for hydroxylation is 1. The minimum Gasteiger partial charge on any atom is -0.393 e. The number of carbonyl (C=O) groups is 1. The first-order chi connectivity index (χ1) is 8.15. The number of anilines is 1. The number of likely N-dealkylation sites (tertiary alicyclic amines) is 1. The topological polar surface area (TPSA) is 65.5 Å². The van der Waals surface area contributed by atoms with Crippen molar-refractivity contribution in [3.05, 3.63) is 23.9 Å². The van der Waals surface area contributed by atoms with Gasteiger partial charge in [0.05, 0.1) is 6.10 Å². The highest BCUT2D eigenvalue weighted by molar-refractivity contribution is 5.88. The third-order valence-electron chi connectivity index (χ3n) is 2.90. The summed E-state index contributed by atoms with van der Waals surface area (Å²) in [6.45, 7) is 3.15. The lowest BCUT2D eigenvalue weighted by Crippen LogP contribution is -2.42. The molecule has 1 aliphatic rings. The van der Waals surface area contributed by atoms with Gasteiger partial charge in [0.25, 0.3) is 0 Å². The normalized spacial score (nSPS) is 16.9. The summed E-state index contributed by atoms with van der Waals surface area (Å²) >= 11 is 0. The lowest BCUT2D eigenvalue weighted by molar-refractivity contribution is 0.0972. The highest BCUT2D eigenvalue weighted by Gasteiger charge is 2.21. The Balaban J connectivity index is 1.93. The van der Waals surface area contributed by atoms with E-state index in [0.29, 0.717) is 31.7 Å². The summed E-state index contributed by atoms with van der Waals surface area (Å²) in [6, 6.07) is 3.57. The maximum Gasteiger partial charge on any atom is 0.323 e. The van der Waals surface area contributed by atoms with Gasteiger partial charge in [0, 0.05) is 19.3 Å². The van der Waals surface area contributed by atoms with E-state index >= 15 is 0 Å². The zero-order chi connectivity index (χ0) is 12.3. The molecule has 5 heteroatoms. The first kappa shape index (κ1) is 11.9. The van der Waals surface area contributed by atoms with Gasteiger partial charge in [-0.2, -0.15) is 0 Å². The smallest absolute Gasteiger partial charge is 0.323 e. The van der Waals surface area contributed by atoms with Crippen LogP contribution in [-0.2, 0) is 0 Å². The molecule has 0 bridgehead atoms. The van der Waals surface area contributed by atoms with Gasteiger partial charge in [-0.15, -0.1) is 0 Å². The summed E-state index contributed by atoms with van der Waals surface area (Å²) in [5.41, 5.74) is 1.06. The van der Waals surface area contributed by atoms with Crippen LogP contribution in [0.1, 0.15) is 18.4 Å². The fourth-order valence-corrected chi connectivity index (χ4v) is 1.86. The minimum absolute atomic E-state index is 0.144. The van der Waals surface area contributed by atoms with Crippen molar-refractivity contribution in [2.75, 3.05) is 18.4 Å². The van der Waals surface area contributed by atoms with Crippen LogP contribution in [0.2, 0.25) is 0 Å². The van der Waals surface area contributed by atoms with E-state index in [0.717, 1.165) is 5.56 Å². The molecule has 2 N–H and O–H groups in total. The molecule has 5 nitrogen and oxygen atoms in total. The van der Waals surface area contributed by atoms with Crippen LogP contribution in [0.3, 0.4) is 0 Å². The Labute approximate surface area is 100 Å². The lowest BCUT2D eigenvalue weighted by atomic mass is 10.1. The third kappa shape index (κ3) is 3.17. The second-order valence-corrected chi connectivity index (χ2v) is 4.37. The number of nitrogens with zero attached hydrogens (tertiary/aromatic N) is 2. The number of hydrogen-bond acceptors (Lipinski definition) is 3. The van der Waals surface area contributed by atoms with Gasteiger partial charge in [-0.05, 0) is 37.5 Å². The molecule has 0 saturated carbocycles. The van der Waals surface area contributed by atoms with Gasteiger partial charge in [-0.1, -0.05) is 0 Å². The number of piperidine rings is 1. The molecule has 0 spiro atoms. The van der Waals surface area contributed by atoms with Crippen molar-refractivity contribution in [2.24, 2.45) is 0 Å². The van der Waals surface area contributed by atoms with E-state index in [9.17, 15) is 9.90 Å². The lowest BCUT2D eigenvalue weighted by Gasteiger charge is -2.29. The zero-order valence-electron chi connectivity index (χ0n) is 9.89. The van der Waals surface area contributed by atoms with E-state index in [4.69, 9.17) is 0 Å².